The zero-order valence-electron chi connectivity index (χ0n) is 18.3. The monoisotopic (exact) mass is 503 g/mol. The summed E-state index contributed by atoms with van der Waals surface area (Å²) < 4.78 is 0. The number of rotatable bonds is 6. The molecule has 0 bridgehead atoms. The number of amides is 2. The molecule has 0 spiro atoms. The van der Waals surface area contributed by atoms with Crippen molar-refractivity contribution in [3.8, 4) is 0 Å². The van der Waals surface area contributed by atoms with E-state index in [1.54, 1.807) is 25.1 Å². The first kappa shape index (κ1) is 24.8. The number of carbonyl (C=O) groups is 2. The molecule has 7 nitrogen and oxygen atoms in total. The van der Waals surface area contributed by atoms with Gasteiger partial charge in [0.25, 0.3) is 0 Å². The summed E-state index contributed by atoms with van der Waals surface area (Å²) in [4.78, 5) is 26.7. The van der Waals surface area contributed by atoms with Crippen molar-refractivity contribution in [2.45, 2.75) is 18.6 Å². The minimum absolute atomic E-state index is 0.0301. The van der Waals surface area contributed by atoms with Gasteiger partial charge in [-0.2, -0.15) is 5.10 Å². The molecule has 0 aromatic heterocycles. The van der Waals surface area contributed by atoms with Gasteiger partial charge in [-0.3, -0.25) is 9.59 Å². The molecule has 1 heterocycles. The first-order valence-corrected chi connectivity index (χ1v) is 11.6. The lowest BCUT2D eigenvalue weighted by Crippen LogP contribution is -2.41. The van der Waals surface area contributed by atoms with E-state index in [-0.39, 0.29) is 23.4 Å². The summed E-state index contributed by atoms with van der Waals surface area (Å²) in [6.07, 6.45) is 3.79. The molecule has 10 heteroatoms. The fourth-order valence-electron chi connectivity index (χ4n) is 2.79. The van der Waals surface area contributed by atoms with Crippen molar-refractivity contribution in [3.63, 3.8) is 0 Å². The number of nitrogens with zero attached hydrogens (tertiary/aromatic N) is 3. The lowest BCUT2D eigenvalue weighted by Gasteiger charge is -2.21. The van der Waals surface area contributed by atoms with Gasteiger partial charge >= 0.3 is 0 Å². The number of thioether (sulfide) groups is 1. The van der Waals surface area contributed by atoms with Crippen LogP contribution in [-0.4, -0.2) is 42.0 Å². The number of halogens is 2. The fourth-order valence-corrected chi connectivity index (χ4v) is 4.02. The largest absolute Gasteiger partial charge is 0.378 e. The van der Waals surface area contributed by atoms with Crippen molar-refractivity contribution < 1.29 is 9.59 Å². The number of nitrogens with one attached hydrogen (secondary N) is 2. The van der Waals surface area contributed by atoms with Gasteiger partial charge in [0.1, 0.15) is 5.25 Å². The summed E-state index contributed by atoms with van der Waals surface area (Å²) in [5.74, 6) is -0.631. The van der Waals surface area contributed by atoms with E-state index in [1.807, 2.05) is 55.4 Å². The average Bonchev–Trinajstić information content (AvgIpc) is 2.78. The first-order valence-electron chi connectivity index (χ1n) is 10.0. The maximum absolute atomic E-state index is 12.6. The molecule has 2 aromatic carbocycles. The number of hydrogen-bond donors (Lipinski definition) is 2. The Balaban J connectivity index is 1.63. The van der Waals surface area contributed by atoms with E-state index in [2.05, 4.69) is 20.8 Å². The minimum Gasteiger partial charge on any atom is -0.378 e. The van der Waals surface area contributed by atoms with E-state index in [0.717, 1.165) is 23.0 Å². The Morgan fingerprint density at radius 3 is 2.58 bits per heavy atom. The lowest BCUT2D eigenvalue weighted by atomic mass is 10.2. The number of allylic oxidation sites excluding steroid dienone is 1. The van der Waals surface area contributed by atoms with E-state index in [9.17, 15) is 9.59 Å². The van der Waals surface area contributed by atoms with Crippen LogP contribution in [0.1, 0.15) is 18.9 Å². The van der Waals surface area contributed by atoms with Crippen molar-refractivity contribution in [2.75, 3.05) is 24.3 Å². The summed E-state index contributed by atoms with van der Waals surface area (Å²) in [6, 6.07) is 12.9. The third-order valence-electron chi connectivity index (χ3n) is 4.58. The highest BCUT2D eigenvalue weighted by atomic mass is 35.5. The molecule has 0 saturated carbocycles. The zero-order chi connectivity index (χ0) is 24.0. The first-order chi connectivity index (χ1) is 15.7. The van der Waals surface area contributed by atoms with Crippen LogP contribution in [0, 0.1) is 0 Å². The van der Waals surface area contributed by atoms with E-state index in [4.69, 9.17) is 23.2 Å². The second kappa shape index (κ2) is 11.4. The number of anilines is 2. The summed E-state index contributed by atoms with van der Waals surface area (Å²) in [5, 5.41) is 14.0. The second-order valence-corrected chi connectivity index (χ2v) is 9.45. The van der Waals surface area contributed by atoms with Gasteiger partial charge < -0.3 is 15.5 Å². The fraction of sp³-hybridized carbons (Fsp3) is 0.217. The van der Waals surface area contributed by atoms with Crippen LogP contribution in [0.5, 0.6) is 0 Å². The Morgan fingerprint density at radius 2 is 1.91 bits per heavy atom. The Labute approximate surface area is 206 Å². The van der Waals surface area contributed by atoms with Gasteiger partial charge in [0.15, 0.2) is 5.17 Å². The molecule has 1 aliphatic rings. The highest BCUT2D eigenvalue weighted by Gasteiger charge is 2.30. The van der Waals surface area contributed by atoms with E-state index < -0.39 is 5.25 Å². The van der Waals surface area contributed by atoms with Gasteiger partial charge in [0.2, 0.25) is 11.8 Å². The van der Waals surface area contributed by atoms with Crippen molar-refractivity contribution in [2.24, 2.45) is 10.2 Å². The van der Waals surface area contributed by atoms with Crippen LogP contribution < -0.4 is 15.5 Å². The van der Waals surface area contributed by atoms with Crippen molar-refractivity contribution in [3.05, 3.63) is 64.1 Å². The highest BCUT2D eigenvalue weighted by Crippen LogP contribution is 2.27. The van der Waals surface area contributed by atoms with Crippen LogP contribution in [0.3, 0.4) is 0 Å². The Hall–Kier alpha value is -2.81. The normalized spacial score (nSPS) is 17.8. The molecule has 1 atom stereocenters. The van der Waals surface area contributed by atoms with E-state index >= 15 is 0 Å². The van der Waals surface area contributed by atoms with Gasteiger partial charge in [-0.1, -0.05) is 53.2 Å². The Bertz CT molecular complexity index is 1130. The van der Waals surface area contributed by atoms with Crippen LogP contribution in [0.25, 0.3) is 6.08 Å². The molecule has 0 radical (unpaired) electrons. The molecular weight excluding hydrogens is 481 g/mol. The molecule has 1 aliphatic heterocycles. The summed E-state index contributed by atoms with van der Waals surface area (Å²) in [6.45, 7) is 1.80. The summed E-state index contributed by atoms with van der Waals surface area (Å²) in [5.41, 5.74) is 3.29. The molecule has 0 aliphatic carbocycles. The smallest absolute Gasteiger partial charge is 0.238 e. The van der Waals surface area contributed by atoms with Crippen LogP contribution >= 0.6 is 35.0 Å². The van der Waals surface area contributed by atoms with Gasteiger partial charge in [0.05, 0.1) is 15.8 Å². The predicted octanol–water partition coefficient (Wildman–Crippen LogP) is 5.06. The standard InChI is InChI=1S/C23H23Cl2N5O2S/c1-14(4-5-15-6-9-17(10-7-15)30(2)3)28-29-23-27-21(31)13-20(33-23)22(32)26-16-8-11-18(24)19(25)12-16/h4-12,20H,13H2,1-3H3,(H,26,32)(H,27,29,31)/b5-4+,28-14+. The second-order valence-electron chi connectivity index (χ2n) is 7.44. The minimum atomic E-state index is -0.645. The average molecular weight is 504 g/mol. The van der Waals surface area contributed by atoms with E-state index in [1.165, 1.54) is 0 Å². The molecule has 1 unspecified atom stereocenters. The van der Waals surface area contributed by atoms with Crippen molar-refractivity contribution >= 4 is 75.1 Å². The molecule has 2 aromatic rings. The molecule has 2 amide bonds. The number of hydrogen-bond acceptors (Lipinski definition) is 6. The predicted molar refractivity (Wildman–Crippen MR) is 140 cm³/mol. The maximum Gasteiger partial charge on any atom is 0.238 e. The maximum atomic E-state index is 12.6. The summed E-state index contributed by atoms with van der Waals surface area (Å²) >= 11 is 13.0. The van der Waals surface area contributed by atoms with Crippen LogP contribution in [0.2, 0.25) is 10.0 Å². The molecular formula is C23H23Cl2N5O2S. The van der Waals surface area contributed by atoms with Gasteiger partial charge in [-0.25, -0.2) is 0 Å². The van der Waals surface area contributed by atoms with Crippen LogP contribution in [-0.2, 0) is 9.59 Å². The highest BCUT2D eigenvalue weighted by molar-refractivity contribution is 8.15. The molecule has 172 valence electrons. The molecule has 1 fully saturated rings. The third kappa shape index (κ3) is 7.35. The van der Waals surface area contributed by atoms with Crippen molar-refractivity contribution in [1.82, 2.24) is 5.32 Å². The lowest BCUT2D eigenvalue weighted by molar-refractivity contribution is -0.123. The Kier molecular flexibility index (Phi) is 8.55. The zero-order valence-corrected chi connectivity index (χ0v) is 20.6. The van der Waals surface area contributed by atoms with Crippen LogP contribution in [0.15, 0.2) is 58.7 Å². The van der Waals surface area contributed by atoms with Crippen molar-refractivity contribution in [1.29, 1.82) is 0 Å². The third-order valence-corrected chi connectivity index (χ3v) is 6.39. The topological polar surface area (TPSA) is 86.2 Å². The molecule has 3 rings (SSSR count). The van der Waals surface area contributed by atoms with E-state index in [0.29, 0.717) is 21.4 Å². The van der Waals surface area contributed by atoms with Gasteiger partial charge in [-0.15, -0.1) is 5.10 Å². The van der Waals surface area contributed by atoms with Gasteiger partial charge in [-0.05, 0) is 48.9 Å². The number of carbonyl (C=O) groups excluding carboxylic acids is 2. The quantitative estimate of drug-likeness (QED) is 0.425. The SMILES string of the molecule is CC(/C=C/c1ccc(N(C)C)cc1)=N\N=C1/NC(=O)CC(C(=O)Nc2ccc(Cl)c(Cl)c2)S1. The Morgan fingerprint density at radius 1 is 1.18 bits per heavy atom. The number of amidine groups is 1. The van der Waals surface area contributed by atoms with Gasteiger partial charge in [0, 0.05) is 31.9 Å². The molecule has 33 heavy (non-hydrogen) atoms. The van der Waals surface area contributed by atoms with Crippen LogP contribution in [0.4, 0.5) is 11.4 Å². The molecule has 1 saturated heterocycles. The molecule has 2 N–H and O–H groups in total. The summed E-state index contributed by atoms with van der Waals surface area (Å²) in [7, 11) is 3.98. The number of benzene rings is 2.